The second-order valence-electron chi connectivity index (χ2n) is 6.93. The van der Waals surface area contributed by atoms with Crippen LogP contribution < -0.4 is 0 Å². The molecule has 0 bridgehead atoms. The molecule has 0 saturated carbocycles. The molecule has 2 heterocycles. The van der Waals surface area contributed by atoms with E-state index in [1.54, 1.807) is 25.1 Å². The summed E-state index contributed by atoms with van der Waals surface area (Å²) < 4.78 is 32.5. The summed E-state index contributed by atoms with van der Waals surface area (Å²) in [5.74, 6) is -0.0183. The number of morpholine rings is 1. The highest BCUT2D eigenvalue weighted by molar-refractivity contribution is 7.89. The van der Waals surface area contributed by atoms with Crippen LogP contribution in [0.5, 0.6) is 0 Å². The largest absolute Gasteiger partial charge is 0.379 e. The lowest BCUT2D eigenvalue weighted by molar-refractivity contribution is -0.131. The number of carbonyl (C=O) groups is 1. The number of hydrogen-bond acceptors (Lipinski definition) is 5. The maximum Gasteiger partial charge on any atom is 0.243 e. The monoisotopic (exact) mass is 415 g/mol. The van der Waals surface area contributed by atoms with Gasteiger partial charge < -0.3 is 9.64 Å². The van der Waals surface area contributed by atoms with Gasteiger partial charge in [-0.1, -0.05) is 17.7 Å². The quantitative estimate of drug-likeness (QED) is 0.700. The Labute approximate surface area is 165 Å². The van der Waals surface area contributed by atoms with Gasteiger partial charge in [-0.05, 0) is 24.6 Å². The van der Waals surface area contributed by atoms with Crippen molar-refractivity contribution in [3.63, 3.8) is 0 Å². The molecule has 0 aliphatic carbocycles. The van der Waals surface area contributed by atoms with Crippen molar-refractivity contribution in [2.75, 3.05) is 52.5 Å². The number of hydrogen-bond donors (Lipinski definition) is 0. The van der Waals surface area contributed by atoms with Gasteiger partial charge in [-0.3, -0.25) is 9.69 Å². The lowest BCUT2D eigenvalue weighted by Gasteiger charge is -2.32. The van der Waals surface area contributed by atoms with E-state index in [9.17, 15) is 13.2 Å². The average molecular weight is 416 g/mol. The number of nitrogens with zero attached hydrogens (tertiary/aromatic N) is 3. The maximum absolute atomic E-state index is 12.9. The predicted octanol–water partition coefficient (Wildman–Crippen LogP) is 1.28. The minimum Gasteiger partial charge on any atom is -0.379 e. The Morgan fingerprint density at radius 1 is 1.30 bits per heavy atom. The Morgan fingerprint density at radius 3 is 2.70 bits per heavy atom. The van der Waals surface area contributed by atoms with Crippen molar-refractivity contribution in [1.82, 2.24) is 14.1 Å². The number of carbonyl (C=O) groups excluding carboxylic acids is 1. The van der Waals surface area contributed by atoms with Crippen molar-refractivity contribution in [3.05, 3.63) is 29.3 Å². The second-order valence-corrected chi connectivity index (χ2v) is 9.30. The lowest BCUT2D eigenvalue weighted by Crippen LogP contribution is -2.47. The first-order valence-electron chi connectivity index (χ1n) is 9.21. The third-order valence-corrected chi connectivity index (χ3v) is 7.26. The highest BCUT2D eigenvalue weighted by Crippen LogP contribution is 2.25. The first-order chi connectivity index (χ1) is 12.9. The third kappa shape index (κ3) is 5.00. The van der Waals surface area contributed by atoms with Crippen molar-refractivity contribution in [1.29, 1.82) is 0 Å². The van der Waals surface area contributed by atoms with Crippen molar-refractivity contribution in [2.24, 2.45) is 0 Å². The van der Waals surface area contributed by atoms with E-state index in [2.05, 4.69) is 4.90 Å². The zero-order chi connectivity index (χ0) is 19.4. The standard InChI is InChI=1S/C18H26ClN3O4S/c1-15(23)22(8-7-20-9-11-26-12-10-20)17-5-6-21(14-17)27(24,25)18-4-2-3-16(19)13-18/h2-4,13,17H,5-12,14H2,1H3/t17-/m0/s1. The van der Waals surface area contributed by atoms with Gasteiger partial charge in [0, 0.05) is 57.3 Å². The van der Waals surface area contributed by atoms with Crippen LogP contribution in [0.2, 0.25) is 5.02 Å². The van der Waals surface area contributed by atoms with E-state index in [1.165, 1.54) is 10.4 Å². The van der Waals surface area contributed by atoms with Crippen molar-refractivity contribution in [2.45, 2.75) is 24.3 Å². The summed E-state index contributed by atoms with van der Waals surface area (Å²) in [6.07, 6.45) is 0.641. The normalized spacial score (nSPS) is 22.1. The molecular weight excluding hydrogens is 390 g/mol. The molecule has 2 saturated heterocycles. The number of benzene rings is 1. The number of amides is 1. The predicted molar refractivity (Wildman–Crippen MR) is 103 cm³/mol. The van der Waals surface area contributed by atoms with Gasteiger partial charge in [-0.25, -0.2) is 8.42 Å². The molecule has 0 unspecified atom stereocenters. The molecule has 0 spiro atoms. The van der Waals surface area contributed by atoms with Crippen LogP contribution in [-0.2, 0) is 19.6 Å². The molecule has 3 rings (SSSR count). The van der Waals surface area contributed by atoms with E-state index in [4.69, 9.17) is 16.3 Å². The van der Waals surface area contributed by atoms with Gasteiger partial charge in [0.15, 0.2) is 0 Å². The van der Waals surface area contributed by atoms with E-state index >= 15 is 0 Å². The number of rotatable bonds is 6. The van der Waals surface area contributed by atoms with Crippen molar-refractivity contribution >= 4 is 27.5 Å². The fourth-order valence-corrected chi connectivity index (χ4v) is 5.42. The van der Waals surface area contributed by atoms with Gasteiger partial charge in [0.25, 0.3) is 0 Å². The smallest absolute Gasteiger partial charge is 0.243 e. The Bertz CT molecular complexity index is 768. The molecule has 1 amide bonds. The van der Waals surface area contributed by atoms with Gasteiger partial charge in [-0.15, -0.1) is 0 Å². The zero-order valence-electron chi connectivity index (χ0n) is 15.5. The fourth-order valence-electron chi connectivity index (χ4n) is 3.63. The molecule has 0 aromatic heterocycles. The summed E-state index contributed by atoms with van der Waals surface area (Å²) >= 11 is 5.94. The van der Waals surface area contributed by atoms with Crippen LogP contribution >= 0.6 is 11.6 Å². The molecule has 1 aromatic carbocycles. The first-order valence-corrected chi connectivity index (χ1v) is 11.0. The lowest BCUT2D eigenvalue weighted by atomic mass is 10.2. The maximum atomic E-state index is 12.9. The SMILES string of the molecule is CC(=O)N(CCN1CCOCC1)[C@H]1CCN(S(=O)(=O)c2cccc(Cl)c2)C1. The van der Waals surface area contributed by atoms with Crippen LogP contribution in [0.15, 0.2) is 29.2 Å². The summed E-state index contributed by atoms with van der Waals surface area (Å²) in [6.45, 7) is 6.82. The van der Waals surface area contributed by atoms with Crippen LogP contribution in [0.25, 0.3) is 0 Å². The third-order valence-electron chi connectivity index (χ3n) is 5.17. The second kappa shape index (κ2) is 8.87. The van der Waals surface area contributed by atoms with Gasteiger partial charge in [0.05, 0.1) is 18.1 Å². The molecule has 9 heteroatoms. The molecule has 2 fully saturated rings. The topological polar surface area (TPSA) is 70.2 Å². The summed E-state index contributed by atoms with van der Waals surface area (Å²) in [4.78, 5) is 16.4. The van der Waals surface area contributed by atoms with Crippen LogP contribution in [0.1, 0.15) is 13.3 Å². The van der Waals surface area contributed by atoms with Gasteiger partial charge in [0.2, 0.25) is 15.9 Å². The minimum absolute atomic E-state index is 0.0183. The molecule has 2 aliphatic heterocycles. The number of ether oxygens (including phenoxy) is 1. The Balaban J connectivity index is 1.64. The highest BCUT2D eigenvalue weighted by Gasteiger charge is 2.36. The van der Waals surface area contributed by atoms with E-state index in [1.807, 2.05) is 4.90 Å². The van der Waals surface area contributed by atoms with Crippen LogP contribution in [0.4, 0.5) is 0 Å². The summed E-state index contributed by atoms with van der Waals surface area (Å²) in [5, 5.41) is 0.391. The van der Waals surface area contributed by atoms with E-state index in [0.29, 0.717) is 31.1 Å². The molecule has 2 aliphatic rings. The summed E-state index contributed by atoms with van der Waals surface area (Å²) in [5.41, 5.74) is 0. The summed E-state index contributed by atoms with van der Waals surface area (Å²) in [6, 6.07) is 6.20. The zero-order valence-corrected chi connectivity index (χ0v) is 17.1. The van der Waals surface area contributed by atoms with Crippen LogP contribution in [-0.4, -0.2) is 87.0 Å². The van der Waals surface area contributed by atoms with E-state index < -0.39 is 10.0 Å². The van der Waals surface area contributed by atoms with Gasteiger partial charge in [0.1, 0.15) is 0 Å². The molecule has 1 aromatic rings. The Hall–Kier alpha value is -1.19. The molecule has 7 nitrogen and oxygen atoms in total. The van der Waals surface area contributed by atoms with Crippen molar-refractivity contribution < 1.29 is 17.9 Å². The first kappa shape index (κ1) is 20.5. The average Bonchev–Trinajstić information content (AvgIpc) is 3.13. The highest BCUT2D eigenvalue weighted by atomic mass is 35.5. The molecule has 1 atom stereocenters. The van der Waals surface area contributed by atoms with Gasteiger partial charge >= 0.3 is 0 Å². The van der Waals surface area contributed by atoms with E-state index in [0.717, 1.165) is 32.8 Å². The minimum atomic E-state index is -3.60. The Morgan fingerprint density at radius 2 is 2.04 bits per heavy atom. The van der Waals surface area contributed by atoms with Crippen LogP contribution in [0, 0.1) is 0 Å². The van der Waals surface area contributed by atoms with Crippen molar-refractivity contribution in [3.8, 4) is 0 Å². The molecule has 0 N–H and O–H groups in total. The van der Waals surface area contributed by atoms with Crippen LogP contribution in [0.3, 0.4) is 0 Å². The summed E-state index contributed by atoms with van der Waals surface area (Å²) in [7, 11) is -3.60. The fraction of sp³-hybridized carbons (Fsp3) is 0.611. The van der Waals surface area contributed by atoms with Gasteiger partial charge in [-0.2, -0.15) is 4.31 Å². The van der Waals surface area contributed by atoms with E-state index in [-0.39, 0.29) is 16.8 Å². The number of sulfonamides is 1. The molecule has 0 radical (unpaired) electrons. The number of halogens is 1. The molecular formula is C18H26ClN3O4S. The molecule has 150 valence electrons. The molecule has 27 heavy (non-hydrogen) atoms. The Kier molecular flexibility index (Phi) is 6.75.